The van der Waals surface area contributed by atoms with Gasteiger partial charge in [0.2, 0.25) is 4.96 Å². The highest BCUT2D eigenvalue weighted by molar-refractivity contribution is 7.16. The van der Waals surface area contributed by atoms with E-state index in [9.17, 15) is 4.79 Å². The van der Waals surface area contributed by atoms with Crippen molar-refractivity contribution in [2.75, 3.05) is 13.2 Å². The lowest BCUT2D eigenvalue weighted by Crippen LogP contribution is -2.30. The van der Waals surface area contributed by atoms with Crippen LogP contribution in [0.15, 0.2) is 30.6 Å². The van der Waals surface area contributed by atoms with E-state index < -0.39 is 0 Å². The molecule has 22 heavy (non-hydrogen) atoms. The third-order valence-corrected chi connectivity index (χ3v) is 4.01. The Kier molecular flexibility index (Phi) is 4.29. The Labute approximate surface area is 130 Å². The first-order valence-electron chi connectivity index (χ1n) is 6.83. The molecule has 0 atom stereocenters. The summed E-state index contributed by atoms with van der Waals surface area (Å²) in [5.74, 6) is 0.581. The molecule has 0 radical (unpaired) electrons. The number of amides is 1. The number of hydrogen-bond donors (Lipinski definition) is 1. The summed E-state index contributed by atoms with van der Waals surface area (Å²) in [6, 6.07) is 7.61. The highest BCUT2D eigenvalue weighted by Gasteiger charge is 2.07. The number of nitrogens with one attached hydrogen (secondary N) is 1. The Hall–Kier alpha value is -2.48. The molecule has 0 aliphatic heterocycles. The van der Waals surface area contributed by atoms with Crippen molar-refractivity contribution >= 4 is 22.2 Å². The summed E-state index contributed by atoms with van der Waals surface area (Å²) in [4.78, 5) is 12.5. The maximum Gasteiger partial charge on any atom is 0.257 e. The minimum absolute atomic E-state index is 0.00988. The number of aryl methyl sites for hydroxylation is 1. The maximum absolute atomic E-state index is 11.8. The van der Waals surface area contributed by atoms with E-state index in [0.717, 1.165) is 21.3 Å². The van der Waals surface area contributed by atoms with E-state index in [0.29, 0.717) is 13.0 Å². The molecule has 1 aromatic carbocycles. The van der Waals surface area contributed by atoms with Gasteiger partial charge in [0.1, 0.15) is 17.1 Å². The fraction of sp³-hybridized carbons (Fsp3) is 0.286. The van der Waals surface area contributed by atoms with Crippen LogP contribution in [0.2, 0.25) is 0 Å². The molecule has 7 nitrogen and oxygen atoms in total. The lowest BCUT2D eigenvalue weighted by atomic mass is 10.2. The summed E-state index contributed by atoms with van der Waals surface area (Å²) in [5.41, 5.74) is 1.01. The molecule has 0 unspecified atom stereocenters. The third kappa shape index (κ3) is 3.40. The molecule has 3 aromatic rings. The molecule has 114 valence electrons. The molecule has 1 amide bonds. The predicted octanol–water partition coefficient (Wildman–Crippen LogP) is 1.23. The molecule has 0 spiro atoms. The van der Waals surface area contributed by atoms with Crippen molar-refractivity contribution in [3.05, 3.63) is 41.2 Å². The number of aromatic nitrogens is 4. The molecule has 0 saturated heterocycles. The van der Waals surface area contributed by atoms with Crippen molar-refractivity contribution in [3.63, 3.8) is 0 Å². The maximum atomic E-state index is 11.8. The molecule has 0 aliphatic carbocycles. The number of carbonyl (C=O) groups excluding carboxylic acids is 1. The summed E-state index contributed by atoms with van der Waals surface area (Å²) < 4.78 is 7.12. The van der Waals surface area contributed by atoms with Crippen molar-refractivity contribution < 1.29 is 9.53 Å². The zero-order valence-electron chi connectivity index (χ0n) is 12.0. The Morgan fingerprint density at radius 2 is 2.27 bits per heavy atom. The fourth-order valence-corrected chi connectivity index (χ4v) is 2.74. The van der Waals surface area contributed by atoms with Crippen LogP contribution in [0.1, 0.15) is 10.6 Å². The van der Waals surface area contributed by atoms with Gasteiger partial charge >= 0.3 is 0 Å². The standard InChI is InChI=1S/C14H15N5O2S/c1-10-4-2-3-5-11(10)21-8-12(20)15-7-6-13-18-19-9-16-17-14(19)22-13/h2-5,9H,6-8H2,1H3,(H,15,20). The average molecular weight is 317 g/mol. The second kappa shape index (κ2) is 6.52. The largest absolute Gasteiger partial charge is 0.484 e. The molecular weight excluding hydrogens is 302 g/mol. The number of fused-ring (bicyclic) bond motifs is 1. The van der Waals surface area contributed by atoms with Gasteiger partial charge in [0.05, 0.1) is 0 Å². The predicted molar refractivity (Wildman–Crippen MR) is 82.0 cm³/mol. The Morgan fingerprint density at radius 3 is 3.09 bits per heavy atom. The van der Waals surface area contributed by atoms with Gasteiger partial charge in [0.25, 0.3) is 5.91 Å². The first-order chi connectivity index (χ1) is 10.7. The van der Waals surface area contributed by atoms with Crippen LogP contribution in [0.4, 0.5) is 0 Å². The lowest BCUT2D eigenvalue weighted by molar-refractivity contribution is -0.123. The number of hydrogen-bond acceptors (Lipinski definition) is 6. The topological polar surface area (TPSA) is 81.4 Å². The highest BCUT2D eigenvalue weighted by atomic mass is 32.1. The number of carbonyl (C=O) groups is 1. The number of benzene rings is 1. The van der Waals surface area contributed by atoms with Crippen LogP contribution in [0.25, 0.3) is 4.96 Å². The van der Waals surface area contributed by atoms with Gasteiger partial charge in [-0.2, -0.15) is 9.61 Å². The van der Waals surface area contributed by atoms with Crippen molar-refractivity contribution in [2.24, 2.45) is 0 Å². The molecule has 1 N–H and O–H groups in total. The molecule has 0 saturated carbocycles. The van der Waals surface area contributed by atoms with Crippen LogP contribution in [0.5, 0.6) is 5.75 Å². The fourth-order valence-electron chi connectivity index (χ4n) is 1.92. The van der Waals surface area contributed by atoms with Crippen molar-refractivity contribution in [2.45, 2.75) is 13.3 Å². The van der Waals surface area contributed by atoms with Gasteiger partial charge in [-0.05, 0) is 18.6 Å². The average Bonchev–Trinajstić information content (AvgIpc) is 3.07. The van der Waals surface area contributed by atoms with Crippen LogP contribution in [0, 0.1) is 6.92 Å². The van der Waals surface area contributed by atoms with Crippen LogP contribution in [-0.2, 0) is 11.2 Å². The molecule has 0 fully saturated rings. The normalized spacial score (nSPS) is 10.8. The molecule has 2 heterocycles. The van der Waals surface area contributed by atoms with Gasteiger partial charge in [0, 0.05) is 13.0 Å². The van der Waals surface area contributed by atoms with Gasteiger partial charge in [-0.25, -0.2) is 0 Å². The van der Waals surface area contributed by atoms with E-state index in [1.807, 2.05) is 31.2 Å². The van der Waals surface area contributed by atoms with E-state index in [4.69, 9.17) is 4.74 Å². The Morgan fingerprint density at radius 1 is 1.41 bits per heavy atom. The summed E-state index contributed by atoms with van der Waals surface area (Å²) in [7, 11) is 0. The van der Waals surface area contributed by atoms with Crippen molar-refractivity contribution in [1.82, 2.24) is 25.1 Å². The van der Waals surface area contributed by atoms with Gasteiger partial charge in [-0.15, -0.1) is 10.2 Å². The zero-order valence-corrected chi connectivity index (χ0v) is 12.8. The molecule has 0 bridgehead atoms. The van der Waals surface area contributed by atoms with Crippen molar-refractivity contribution in [3.8, 4) is 5.75 Å². The molecule has 3 rings (SSSR count). The van der Waals surface area contributed by atoms with E-state index in [-0.39, 0.29) is 12.5 Å². The van der Waals surface area contributed by atoms with Gasteiger partial charge < -0.3 is 10.1 Å². The van der Waals surface area contributed by atoms with E-state index in [1.165, 1.54) is 11.3 Å². The summed E-state index contributed by atoms with van der Waals surface area (Å²) >= 11 is 1.46. The van der Waals surface area contributed by atoms with Gasteiger partial charge in [0.15, 0.2) is 6.61 Å². The minimum atomic E-state index is -0.147. The molecule has 2 aromatic heterocycles. The third-order valence-electron chi connectivity index (χ3n) is 3.04. The smallest absolute Gasteiger partial charge is 0.257 e. The summed E-state index contributed by atoms with van der Waals surface area (Å²) in [6.45, 7) is 2.47. The second-order valence-corrected chi connectivity index (χ2v) is 5.75. The number of para-hydroxylation sites is 1. The van der Waals surface area contributed by atoms with Crippen LogP contribution < -0.4 is 10.1 Å². The Balaban J connectivity index is 1.42. The molecule has 8 heteroatoms. The van der Waals surface area contributed by atoms with E-state index in [2.05, 4.69) is 20.6 Å². The van der Waals surface area contributed by atoms with Gasteiger partial charge in [-0.1, -0.05) is 29.5 Å². The number of nitrogens with zero attached hydrogens (tertiary/aromatic N) is 4. The van der Waals surface area contributed by atoms with E-state index >= 15 is 0 Å². The van der Waals surface area contributed by atoms with Crippen LogP contribution in [0.3, 0.4) is 0 Å². The lowest BCUT2D eigenvalue weighted by Gasteiger charge is -2.08. The first-order valence-corrected chi connectivity index (χ1v) is 7.65. The monoisotopic (exact) mass is 317 g/mol. The number of ether oxygens (including phenoxy) is 1. The second-order valence-electron chi connectivity index (χ2n) is 4.71. The van der Waals surface area contributed by atoms with Crippen molar-refractivity contribution in [1.29, 1.82) is 0 Å². The quantitative estimate of drug-likeness (QED) is 0.739. The highest BCUT2D eigenvalue weighted by Crippen LogP contribution is 2.15. The SMILES string of the molecule is Cc1ccccc1OCC(=O)NCCc1nn2cnnc2s1. The van der Waals surface area contributed by atoms with Crippen LogP contribution in [-0.4, -0.2) is 38.9 Å². The van der Waals surface area contributed by atoms with E-state index in [1.54, 1.807) is 10.8 Å². The summed E-state index contributed by atoms with van der Waals surface area (Å²) in [5, 5.41) is 15.7. The number of rotatable bonds is 6. The molecular formula is C14H15N5O2S. The Bertz CT molecular complexity index is 754. The van der Waals surface area contributed by atoms with Gasteiger partial charge in [-0.3, -0.25) is 4.79 Å². The minimum Gasteiger partial charge on any atom is -0.484 e. The summed E-state index contributed by atoms with van der Waals surface area (Å²) in [6.07, 6.45) is 2.22. The zero-order chi connectivity index (χ0) is 15.4. The molecule has 0 aliphatic rings. The van der Waals surface area contributed by atoms with Crippen LogP contribution >= 0.6 is 11.3 Å². The first kappa shape index (κ1) is 14.5.